The molecular formula is C13H14ClNO2. The Balaban J connectivity index is 2.13. The predicted molar refractivity (Wildman–Crippen MR) is 66.6 cm³/mol. The van der Waals surface area contributed by atoms with E-state index in [0.29, 0.717) is 18.2 Å². The van der Waals surface area contributed by atoms with E-state index in [1.807, 2.05) is 31.2 Å². The number of aryl methyl sites for hydroxylation is 1. The zero-order valence-corrected chi connectivity index (χ0v) is 10.6. The van der Waals surface area contributed by atoms with E-state index in [0.717, 1.165) is 22.8 Å². The summed E-state index contributed by atoms with van der Waals surface area (Å²) in [6.07, 6.45) is 0.668. The number of alkyl halides is 1. The minimum absolute atomic E-state index is 0.363. The number of aromatic nitrogens is 1. The van der Waals surface area contributed by atoms with E-state index in [1.54, 1.807) is 7.11 Å². The highest BCUT2D eigenvalue weighted by Crippen LogP contribution is 2.17. The molecule has 0 atom stereocenters. The van der Waals surface area contributed by atoms with Crippen molar-refractivity contribution in [3.05, 3.63) is 47.2 Å². The SMILES string of the molecule is COc1ccc(Cc2nc(C)c(CCl)o2)cc1. The summed E-state index contributed by atoms with van der Waals surface area (Å²) in [5.41, 5.74) is 2.00. The van der Waals surface area contributed by atoms with Crippen molar-refractivity contribution in [1.29, 1.82) is 0 Å². The van der Waals surface area contributed by atoms with E-state index in [2.05, 4.69) is 4.98 Å². The molecule has 0 saturated carbocycles. The molecule has 0 amide bonds. The van der Waals surface area contributed by atoms with Gasteiger partial charge in [-0.3, -0.25) is 0 Å². The topological polar surface area (TPSA) is 35.3 Å². The molecule has 0 N–H and O–H groups in total. The molecule has 1 aromatic carbocycles. The molecule has 0 aliphatic carbocycles. The molecule has 0 aliphatic heterocycles. The normalized spacial score (nSPS) is 10.5. The Morgan fingerprint density at radius 3 is 2.53 bits per heavy atom. The molecule has 0 spiro atoms. The fourth-order valence-electron chi connectivity index (χ4n) is 1.61. The van der Waals surface area contributed by atoms with Crippen molar-refractivity contribution in [2.75, 3.05) is 7.11 Å². The average Bonchev–Trinajstić information content (AvgIpc) is 2.70. The van der Waals surface area contributed by atoms with Crippen molar-refractivity contribution in [1.82, 2.24) is 4.98 Å². The van der Waals surface area contributed by atoms with Crippen LogP contribution in [0.4, 0.5) is 0 Å². The van der Waals surface area contributed by atoms with Crippen molar-refractivity contribution >= 4 is 11.6 Å². The maximum atomic E-state index is 5.74. The summed E-state index contributed by atoms with van der Waals surface area (Å²) >= 11 is 5.74. The van der Waals surface area contributed by atoms with Crippen molar-refractivity contribution in [3.8, 4) is 5.75 Å². The minimum Gasteiger partial charge on any atom is -0.497 e. The molecule has 0 unspecified atom stereocenters. The van der Waals surface area contributed by atoms with E-state index in [1.165, 1.54) is 0 Å². The molecule has 0 radical (unpaired) electrons. The van der Waals surface area contributed by atoms with Gasteiger partial charge in [0.05, 0.1) is 18.7 Å². The first-order valence-corrected chi connectivity index (χ1v) is 5.90. The van der Waals surface area contributed by atoms with Gasteiger partial charge in [-0.2, -0.15) is 0 Å². The van der Waals surface area contributed by atoms with E-state index < -0.39 is 0 Å². The van der Waals surface area contributed by atoms with Crippen LogP contribution in [0, 0.1) is 6.92 Å². The molecule has 2 aromatic rings. The Kier molecular flexibility index (Phi) is 3.69. The highest BCUT2D eigenvalue weighted by Gasteiger charge is 2.08. The number of rotatable bonds is 4. The lowest BCUT2D eigenvalue weighted by atomic mass is 10.1. The van der Waals surface area contributed by atoms with Crippen LogP contribution in [0.25, 0.3) is 0 Å². The van der Waals surface area contributed by atoms with Crippen LogP contribution in [-0.2, 0) is 12.3 Å². The Hall–Kier alpha value is -1.48. The third-order valence-electron chi connectivity index (χ3n) is 2.57. The maximum Gasteiger partial charge on any atom is 0.199 e. The molecule has 3 nitrogen and oxygen atoms in total. The number of nitrogens with zero attached hydrogens (tertiary/aromatic N) is 1. The average molecular weight is 252 g/mol. The standard InChI is InChI=1S/C13H14ClNO2/c1-9-12(8-14)17-13(15-9)7-10-3-5-11(16-2)6-4-10/h3-6H,7-8H2,1-2H3. The van der Waals surface area contributed by atoms with Crippen molar-refractivity contribution in [2.24, 2.45) is 0 Å². The fraction of sp³-hybridized carbons (Fsp3) is 0.308. The number of hydrogen-bond donors (Lipinski definition) is 0. The second kappa shape index (κ2) is 5.23. The van der Waals surface area contributed by atoms with Gasteiger partial charge >= 0.3 is 0 Å². The smallest absolute Gasteiger partial charge is 0.199 e. The van der Waals surface area contributed by atoms with E-state index >= 15 is 0 Å². The summed E-state index contributed by atoms with van der Waals surface area (Å²) in [6.45, 7) is 1.90. The highest BCUT2D eigenvalue weighted by atomic mass is 35.5. The van der Waals surface area contributed by atoms with E-state index in [-0.39, 0.29) is 0 Å². The van der Waals surface area contributed by atoms with Crippen molar-refractivity contribution < 1.29 is 9.15 Å². The van der Waals surface area contributed by atoms with Crippen molar-refractivity contribution in [3.63, 3.8) is 0 Å². The molecule has 4 heteroatoms. The number of benzene rings is 1. The minimum atomic E-state index is 0.363. The van der Waals surface area contributed by atoms with E-state index in [9.17, 15) is 0 Å². The molecule has 90 valence electrons. The zero-order valence-electron chi connectivity index (χ0n) is 9.87. The third-order valence-corrected chi connectivity index (χ3v) is 2.82. The van der Waals surface area contributed by atoms with Gasteiger partial charge in [0.15, 0.2) is 5.89 Å². The zero-order chi connectivity index (χ0) is 12.3. The van der Waals surface area contributed by atoms with Crippen LogP contribution in [0.15, 0.2) is 28.7 Å². The fourth-order valence-corrected chi connectivity index (χ4v) is 1.85. The Labute approximate surface area is 105 Å². The monoisotopic (exact) mass is 251 g/mol. The number of halogens is 1. The predicted octanol–water partition coefficient (Wildman–Crippen LogP) is 3.32. The molecule has 0 fully saturated rings. The van der Waals surface area contributed by atoms with Gasteiger partial charge in [-0.15, -0.1) is 11.6 Å². The van der Waals surface area contributed by atoms with Crippen LogP contribution >= 0.6 is 11.6 Å². The Morgan fingerprint density at radius 2 is 2.00 bits per heavy atom. The first-order chi connectivity index (χ1) is 8.22. The van der Waals surface area contributed by atoms with E-state index in [4.69, 9.17) is 20.8 Å². The van der Waals surface area contributed by atoms with Crippen LogP contribution in [0.1, 0.15) is 22.9 Å². The number of methoxy groups -OCH3 is 1. The van der Waals surface area contributed by atoms with Crippen LogP contribution in [0.3, 0.4) is 0 Å². The second-order valence-corrected chi connectivity index (χ2v) is 4.04. The largest absolute Gasteiger partial charge is 0.497 e. The van der Waals surface area contributed by atoms with Gasteiger partial charge in [0, 0.05) is 6.42 Å². The summed E-state index contributed by atoms with van der Waals surface area (Å²) < 4.78 is 10.7. The molecular weight excluding hydrogens is 238 g/mol. The summed E-state index contributed by atoms with van der Waals surface area (Å²) in [5.74, 6) is 2.65. The van der Waals surface area contributed by atoms with Gasteiger partial charge in [0.1, 0.15) is 11.5 Å². The molecule has 1 aromatic heterocycles. The lowest BCUT2D eigenvalue weighted by molar-refractivity contribution is 0.414. The van der Waals surface area contributed by atoms with Gasteiger partial charge < -0.3 is 9.15 Å². The first kappa shape index (κ1) is 12.0. The lowest BCUT2D eigenvalue weighted by Crippen LogP contribution is -1.89. The molecule has 0 aliphatic rings. The highest BCUT2D eigenvalue weighted by molar-refractivity contribution is 6.16. The summed E-state index contributed by atoms with van der Waals surface area (Å²) in [5, 5.41) is 0. The van der Waals surface area contributed by atoms with Crippen molar-refractivity contribution in [2.45, 2.75) is 19.2 Å². The molecule has 17 heavy (non-hydrogen) atoms. The van der Waals surface area contributed by atoms with Gasteiger partial charge in [-0.25, -0.2) is 4.98 Å². The summed E-state index contributed by atoms with van der Waals surface area (Å²) in [4.78, 5) is 4.34. The number of oxazole rings is 1. The van der Waals surface area contributed by atoms with Gasteiger partial charge in [0.2, 0.25) is 0 Å². The quantitative estimate of drug-likeness (QED) is 0.782. The number of hydrogen-bond acceptors (Lipinski definition) is 3. The maximum absolute atomic E-state index is 5.74. The van der Waals surface area contributed by atoms with Gasteiger partial charge in [0.25, 0.3) is 0 Å². The summed E-state index contributed by atoms with van der Waals surface area (Å²) in [6, 6.07) is 7.85. The molecule has 1 heterocycles. The lowest BCUT2D eigenvalue weighted by Gasteiger charge is -2.00. The molecule has 2 rings (SSSR count). The van der Waals surface area contributed by atoms with Crippen LogP contribution in [0.2, 0.25) is 0 Å². The third kappa shape index (κ3) is 2.80. The Bertz CT molecular complexity index is 491. The first-order valence-electron chi connectivity index (χ1n) is 5.37. The van der Waals surface area contributed by atoms with Crippen LogP contribution < -0.4 is 4.74 Å². The summed E-state index contributed by atoms with van der Waals surface area (Å²) in [7, 11) is 1.65. The number of ether oxygens (including phenoxy) is 1. The second-order valence-electron chi connectivity index (χ2n) is 3.77. The van der Waals surface area contributed by atoms with Crippen LogP contribution in [0.5, 0.6) is 5.75 Å². The Morgan fingerprint density at radius 1 is 1.29 bits per heavy atom. The van der Waals surface area contributed by atoms with Gasteiger partial charge in [-0.1, -0.05) is 12.1 Å². The van der Waals surface area contributed by atoms with Gasteiger partial charge in [-0.05, 0) is 24.6 Å². The molecule has 0 saturated heterocycles. The van der Waals surface area contributed by atoms with Crippen LogP contribution in [-0.4, -0.2) is 12.1 Å². The molecule has 0 bridgehead atoms.